The Kier molecular flexibility index (Phi) is 3.47. The summed E-state index contributed by atoms with van der Waals surface area (Å²) in [7, 11) is -1.80. The van der Waals surface area contributed by atoms with Gasteiger partial charge in [-0.3, -0.25) is 4.57 Å². The number of nitrogens with zero attached hydrogens (tertiary/aromatic N) is 4. The van der Waals surface area contributed by atoms with Crippen LogP contribution in [0.3, 0.4) is 0 Å². The summed E-state index contributed by atoms with van der Waals surface area (Å²) < 4.78 is 35.2. The van der Waals surface area contributed by atoms with Gasteiger partial charge >= 0.3 is 0 Å². The van der Waals surface area contributed by atoms with Gasteiger partial charge in [-0.05, 0) is 43.7 Å². The van der Waals surface area contributed by atoms with E-state index in [-0.39, 0.29) is 5.75 Å². The first-order chi connectivity index (χ1) is 11.9. The molecule has 7 nitrogen and oxygen atoms in total. The van der Waals surface area contributed by atoms with Crippen LogP contribution in [0.1, 0.15) is 16.8 Å². The fourth-order valence-corrected chi connectivity index (χ4v) is 4.18. The molecule has 2 aromatic rings. The molecule has 4 rings (SSSR count). The lowest BCUT2D eigenvalue weighted by Crippen LogP contribution is -2.40. The van der Waals surface area contributed by atoms with E-state index in [1.807, 2.05) is 42.7 Å². The molecule has 0 fully saturated rings. The maximum Gasteiger partial charge on any atom is 0.256 e. The monoisotopic (exact) mass is 358 g/mol. The second-order valence-electron chi connectivity index (χ2n) is 6.08. The molecule has 0 N–H and O–H groups in total. The van der Waals surface area contributed by atoms with E-state index in [1.165, 1.54) is 0 Å². The normalized spacial score (nSPS) is 17.7. The molecule has 0 radical (unpaired) electrons. The molecule has 3 heterocycles. The topological polar surface area (TPSA) is 76.3 Å². The van der Waals surface area contributed by atoms with Gasteiger partial charge in [-0.1, -0.05) is 0 Å². The highest BCUT2D eigenvalue weighted by Gasteiger charge is 2.33. The number of aliphatic imine (C=N–C) groups is 1. The number of rotatable bonds is 2. The van der Waals surface area contributed by atoms with Gasteiger partial charge in [0.2, 0.25) is 0 Å². The van der Waals surface area contributed by atoms with Gasteiger partial charge in [0.1, 0.15) is 5.75 Å². The van der Waals surface area contributed by atoms with Crippen LogP contribution in [-0.2, 0) is 10.0 Å². The fraction of sp³-hybridized carbons (Fsp3) is 0.294. The molecule has 2 aliphatic rings. The number of hydrogen-bond donors (Lipinski definition) is 0. The Morgan fingerprint density at radius 1 is 1.16 bits per heavy atom. The molecule has 130 valence electrons. The number of amidine groups is 1. The van der Waals surface area contributed by atoms with Crippen molar-refractivity contribution in [2.24, 2.45) is 9.39 Å². The zero-order chi connectivity index (χ0) is 17.8. The maximum atomic E-state index is 12.0. The molecule has 2 aliphatic heterocycles. The average Bonchev–Trinajstić information content (AvgIpc) is 2.86. The van der Waals surface area contributed by atoms with E-state index in [4.69, 9.17) is 4.74 Å². The van der Waals surface area contributed by atoms with Crippen molar-refractivity contribution >= 4 is 28.0 Å². The van der Waals surface area contributed by atoms with Gasteiger partial charge in [-0.2, -0.15) is 0 Å². The Bertz CT molecular complexity index is 1020. The van der Waals surface area contributed by atoms with Crippen LogP contribution < -0.4 is 4.74 Å². The Labute approximate surface area is 146 Å². The molecule has 8 heteroatoms. The molecule has 0 saturated heterocycles. The van der Waals surface area contributed by atoms with Gasteiger partial charge in [-0.25, -0.2) is 13.4 Å². The molecule has 0 saturated carbocycles. The van der Waals surface area contributed by atoms with E-state index in [1.54, 1.807) is 18.3 Å². The third-order valence-corrected chi connectivity index (χ3v) is 5.80. The molecule has 0 unspecified atom stereocenters. The summed E-state index contributed by atoms with van der Waals surface area (Å²) in [6.45, 7) is 4.34. The molecular formula is C17H18N4O3S. The van der Waals surface area contributed by atoms with E-state index in [2.05, 4.69) is 9.39 Å². The van der Waals surface area contributed by atoms with E-state index < -0.39 is 10.0 Å². The van der Waals surface area contributed by atoms with Gasteiger partial charge < -0.3 is 9.64 Å². The Morgan fingerprint density at radius 3 is 2.56 bits per heavy atom. The highest BCUT2D eigenvalue weighted by Crippen LogP contribution is 2.36. The largest absolute Gasteiger partial charge is 0.497 e. The molecule has 1 aromatic heterocycles. The van der Waals surface area contributed by atoms with E-state index in [9.17, 15) is 8.42 Å². The van der Waals surface area contributed by atoms with E-state index >= 15 is 0 Å². The van der Waals surface area contributed by atoms with Crippen molar-refractivity contribution in [2.45, 2.75) is 13.8 Å². The lowest BCUT2D eigenvalue weighted by molar-refractivity contribution is 0.414. The zero-order valence-corrected chi connectivity index (χ0v) is 15.0. The highest BCUT2D eigenvalue weighted by molar-refractivity contribution is 7.90. The molecule has 0 aliphatic carbocycles. The highest BCUT2D eigenvalue weighted by atomic mass is 32.2. The third kappa shape index (κ3) is 2.44. The SMILES string of the molecule is COc1ccc(-n2c(C)c(C)c3c2N=CN2CCS(=O)(=O)N=C32)cc1. The van der Waals surface area contributed by atoms with E-state index in [0.717, 1.165) is 28.3 Å². The van der Waals surface area contributed by atoms with Crippen molar-refractivity contribution in [2.75, 3.05) is 19.4 Å². The number of hydrogen-bond acceptors (Lipinski definition) is 5. The Balaban J connectivity index is 1.94. The van der Waals surface area contributed by atoms with Crippen LogP contribution in [-0.4, -0.2) is 49.5 Å². The van der Waals surface area contributed by atoms with Crippen LogP contribution in [0.4, 0.5) is 5.82 Å². The smallest absolute Gasteiger partial charge is 0.256 e. The minimum Gasteiger partial charge on any atom is -0.497 e. The molecule has 0 amide bonds. The molecule has 0 atom stereocenters. The summed E-state index contributed by atoms with van der Waals surface area (Å²) >= 11 is 0. The summed E-state index contributed by atoms with van der Waals surface area (Å²) in [6.07, 6.45) is 1.66. The number of ether oxygens (including phenoxy) is 1. The second-order valence-corrected chi connectivity index (χ2v) is 7.84. The van der Waals surface area contributed by atoms with Crippen molar-refractivity contribution in [3.05, 3.63) is 41.1 Å². The average molecular weight is 358 g/mol. The van der Waals surface area contributed by atoms with Gasteiger partial charge in [0.05, 0.1) is 24.8 Å². The molecule has 25 heavy (non-hydrogen) atoms. The number of methoxy groups -OCH3 is 1. The van der Waals surface area contributed by atoms with Crippen LogP contribution in [0.25, 0.3) is 5.69 Å². The number of benzene rings is 1. The standard InChI is InChI=1S/C17H18N4O3S/c1-11-12(2)21(13-4-6-14(24-3)7-5-13)16-15(11)17-19-25(22,23)9-8-20(17)10-18-16/h4-7,10H,8-9H2,1-3H3. The number of aromatic nitrogens is 1. The van der Waals surface area contributed by atoms with Crippen LogP contribution in [0.15, 0.2) is 33.7 Å². The summed E-state index contributed by atoms with van der Waals surface area (Å²) in [5, 5.41) is 0. The number of sulfonamides is 1. The fourth-order valence-electron chi connectivity index (χ4n) is 3.20. The van der Waals surface area contributed by atoms with E-state index in [0.29, 0.717) is 18.2 Å². The minimum atomic E-state index is -3.43. The third-order valence-electron chi connectivity index (χ3n) is 4.65. The Morgan fingerprint density at radius 2 is 1.88 bits per heavy atom. The van der Waals surface area contributed by atoms with Gasteiger partial charge in [-0.15, -0.1) is 4.40 Å². The zero-order valence-electron chi connectivity index (χ0n) is 14.2. The summed E-state index contributed by atoms with van der Waals surface area (Å²) in [6, 6.07) is 7.68. The molecule has 0 bridgehead atoms. The summed E-state index contributed by atoms with van der Waals surface area (Å²) in [5.41, 5.74) is 3.69. The van der Waals surface area contributed by atoms with Crippen molar-refractivity contribution in [3.63, 3.8) is 0 Å². The molecule has 0 spiro atoms. The van der Waals surface area contributed by atoms with Crippen molar-refractivity contribution in [1.29, 1.82) is 0 Å². The first-order valence-electron chi connectivity index (χ1n) is 7.91. The first-order valence-corrected chi connectivity index (χ1v) is 9.52. The molecular weight excluding hydrogens is 340 g/mol. The van der Waals surface area contributed by atoms with Crippen molar-refractivity contribution in [1.82, 2.24) is 9.47 Å². The van der Waals surface area contributed by atoms with Crippen LogP contribution in [0, 0.1) is 13.8 Å². The summed E-state index contributed by atoms with van der Waals surface area (Å²) in [5.74, 6) is 1.95. The first kappa shape index (κ1) is 15.9. The van der Waals surface area contributed by atoms with Gasteiger partial charge in [0, 0.05) is 17.9 Å². The number of fused-ring (bicyclic) bond motifs is 3. The van der Waals surface area contributed by atoms with Crippen molar-refractivity contribution < 1.29 is 13.2 Å². The predicted octanol–water partition coefficient (Wildman–Crippen LogP) is 2.17. The van der Waals surface area contributed by atoms with Crippen LogP contribution in [0.2, 0.25) is 0 Å². The predicted molar refractivity (Wildman–Crippen MR) is 97.0 cm³/mol. The van der Waals surface area contributed by atoms with Crippen LogP contribution >= 0.6 is 0 Å². The minimum absolute atomic E-state index is 0.00900. The van der Waals surface area contributed by atoms with Crippen LogP contribution in [0.5, 0.6) is 5.75 Å². The summed E-state index contributed by atoms with van der Waals surface area (Å²) in [4.78, 5) is 6.38. The second kappa shape index (κ2) is 5.45. The Hall–Kier alpha value is -2.61. The van der Waals surface area contributed by atoms with Crippen molar-refractivity contribution in [3.8, 4) is 11.4 Å². The van der Waals surface area contributed by atoms with Gasteiger partial charge in [0.15, 0.2) is 11.7 Å². The quantitative estimate of drug-likeness (QED) is 0.824. The van der Waals surface area contributed by atoms with Gasteiger partial charge in [0.25, 0.3) is 10.0 Å². The molecule has 1 aromatic carbocycles. The lowest BCUT2D eigenvalue weighted by atomic mass is 10.1. The maximum absolute atomic E-state index is 12.0. The lowest BCUT2D eigenvalue weighted by Gasteiger charge is -2.28.